The SMILES string of the molecule is CC(C)(C)C1CCC(OC(=O)C2CC2[N+](=O)[O-])CC1. The van der Waals surface area contributed by atoms with Crippen molar-refractivity contribution in [3.63, 3.8) is 0 Å². The summed E-state index contributed by atoms with van der Waals surface area (Å²) in [6.07, 6.45) is 4.25. The fourth-order valence-corrected chi connectivity index (χ4v) is 2.97. The third kappa shape index (κ3) is 3.45. The van der Waals surface area contributed by atoms with Crippen LogP contribution in [0.3, 0.4) is 0 Å². The minimum absolute atomic E-state index is 0.0286. The summed E-state index contributed by atoms with van der Waals surface area (Å²) in [6.45, 7) is 6.74. The van der Waals surface area contributed by atoms with E-state index in [1.807, 2.05) is 0 Å². The number of hydrogen-bond acceptors (Lipinski definition) is 4. The average molecular weight is 269 g/mol. The van der Waals surface area contributed by atoms with Crippen LogP contribution >= 0.6 is 0 Å². The van der Waals surface area contributed by atoms with Crippen LogP contribution in [-0.4, -0.2) is 23.0 Å². The van der Waals surface area contributed by atoms with Gasteiger partial charge in [-0.3, -0.25) is 14.9 Å². The molecule has 2 atom stereocenters. The Kier molecular flexibility index (Phi) is 3.83. The van der Waals surface area contributed by atoms with Crippen LogP contribution in [0.15, 0.2) is 0 Å². The molecular formula is C14H23NO4. The van der Waals surface area contributed by atoms with Crippen LogP contribution in [0.2, 0.25) is 0 Å². The third-order valence-electron chi connectivity index (χ3n) is 4.51. The molecule has 108 valence electrons. The molecule has 19 heavy (non-hydrogen) atoms. The van der Waals surface area contributed by atoms with E-state index in [1.165, 1.54) is 0 Å². The van der Waals surface area contributed by atoms with Gasteiger partial charge in [-0.15, -0.1) is 0 Å². The first-order valence-electron chi connectivity index (χ1n) is 7.13. The van der Waals surface area contributed by atoms with Crippen molar-refractivity contribution in [2.24, 2.45) is 17.3 Å². The van der Waals surface area contributed by atoms with Crippen LogP contribution in [0, 0.1) is 27.4 Å². The molecule has 0 spiro atoms. The first-order valence-corrected chi connectivity index (χ1v) is 7.13. The number of esters is 1. The highest BCUT2D eigenvalue weighted by Crippen LogP contribution is 2.40. The van der Waals surface area contributed by atoms with Crippen LogP contribution in [0.4, 0.5) is 0 Å². The van der Waals surface area contributed by atoms with Crippen LogP contribution in [0.1, 0.15) is 52.9 Å². The zero-order valence-electron chi connectivity index (χ0n) is 11.9. The molecule has 0 N–H and O–H groups in total. The zero-order chi connectivity index (χ0) is 14.2. The van der Waals surface area contributed by atoms with Gasteiger partial charge in [-0.1, -0.05) is 20.8 Å². The van der Waals surface area contributed by atoms with Gasteiger partial charge in [0, 0.05) is 11.3 Å². The van der Waals surface area contributed by atoms with Gasteiger partial charge in [-0.25, -0.2) is 0 Å². The minimum atomic E-state index is -0.696. The van der Waals surface area contributed by atoms with Gasteiger partial charge in [0.05, 0.1) is 0 Å². The largest absolute Gasteiger partial charge is 0.462 e. The zero-order valence-corrected chi connectivity index (χ0v) is 11.9. The highest BCUT2D eigenvalue weighted by atomic mass is 16.6. The molecule has 0 bridgehead atoms. The second-order valence-electron chi connectivity index (χ2n) is 6.97. The van der Waals surface area contributed by atoms with E-state index in [1.54, 1.807) is 0 Å². The van der Waals surface area contributed by atoms with Crippen LogP contribution in [0.25, 0.3) is 0 Å². The van der Waals surface area contributed by atoms with E-state index in [0.717, 1.165) is 25.7 Å². The Morgan fingerprint density at radius 2 is 1.79 bits per heavy atom. The number of nitrogens with zero attached hydrogens (tertiary/aromatic N) is 1. The van der Waals surface area contributed by atoms with Gasteiger partial charge in [0.25, 0.3) is 0 Å². The molecule has 0 amide bonds. The molecule has 2 saturated carbocycles. The van der Waals surface area contributed by atoms with E-state index in [2.05, 4.69) is 20.8 Å². The summed E-state index contributed by atoms with van der Waals surface area (Å²) in [5, 5.41) is 10.5. The first-order chi connectivity index (χ1) is 8.79. The second-order valence-corrected chi connectivity index (χ2v) is 6.97. The first kappa shape index (κ1) is 14.3. The van der Waals surface area contributed by atoms with Crippen molar-refractivity contribution < 1.29 is 14.5 Å². The Balaban J connectivity index is 1.75. The van der Waals surface area contributed by atoms with Crippen LogP contribution in [0.5, 0.6) is 0 Å². The lowest BCUT2D eigenvalue weighted by molar-refractivity contribution is -0.497. The van der Waals surface area contributed by atoms with Crippen LogP contribution in [-0.2, 0) is 9.53 Å². The predicted octanol–water partition coefficient (Wildman–Crippen LogP) is 2.80. The van der Waals surface area contributed by atoms with Crippen molar-refractivity contribution in [1.82, 2.24) is 0 Å². The molecule has 0 saturated heterocycles. The maximum absolute atomic E-state index is 11.7. The molecule has 0 aromatic rings. The van der Waals surface area contributed by atoms with Crippen LogP contribution < -0.4 is 0 Å². The molecule has 5 heteroatoms. The van der Waals surface area contributed by atoms with Crippen molar-refractivity contribution in [3.05, 3.63) is 10.1 Å². The minimum Gasteiger partial charge on any atom is -0.462 e. The molecule has 0 radical (unpaired) electrons. The molecule has 0 aromatic carbocycles. The molecule has 2 unspecified atom stereocenters. The van der Waals surface area contributed by atoms with Crippen molar-refractivity contribution in [3.8, 4) is 0 Å². The van der Waals surface area contributed by atoms with Crippen molar-refractivity contribution in [1.29, 1.82) is 0 Å². The predicted molar refractivity (Wildman–Crippen MR) is 70.2 cm³/mol. The van der Waals surface area contributed by atoms with Gasteiger partial charge < -0.3 is 4.74 Å². The Hall–Kier alpha value is -1.13. The number of hydrogen-bond donors (Lipinski definition) is 0. The second kappa shape index (κ2) is 5.10. The van der Waals surface area contributed by atoms with Gasteiger partial charge in [0.15, 0.2) is 0 Å². The highest BCUT2D eigenvalue weighted by molar-refractivity contribution is 5.76. The lowest BCUT2D eigenvalue weighted by Crippen LogP contribution is -2.31. The molecule has 0 aliphatic heterocycles. The van der Waals surface area contributed by atoms with Crippen molar-refractivity contribution in [2.45, 2.75) is 65.0 Å². The van der Waals surface area contributed by atoms with Gasteiger partial charge in [-0.05, 0) is 37.0 Å². The number of ether oxygens (including phenoxy) is 1. The van der Waals surface area contributed by atoms with E-state index >= 15 is 0 Å². The molecule has 2 aliphatic rings. The van der Waals surface area contributed by atoms with Crippen molar-refractivity contribution >= 4 is 5.97 Å². The van der Waals surface area contributed by atoms with Gasteiger partial charge in [-0.2, -0.15) is 0 Å². The summed E-state index contributed by atoms with van der Waals surface area (Å²) >= 11 is 0. The lowest BCUT2D eigenvalue weighted by atomic mass is 9.72. The monoisotopic (exact) mass is 269 g/mol. The van der Waals surface area contributed by atoms with Crippen molar-refractivity contribution in [2.75, 3.05) is 0 Å². The van der Waals surface area contributed by atoms with E-state index in [9.17, 15) is 14.9 Å². The Morgan fingerprint density at radius 3 is 2.21 bits per heavy atom. The number of nitro groups is 1. The van der Waals surface area contributed by atoms with E-state index in [4.69, 9.17) is 4.74 Å². The summed E-state index contributed by atoms with van der Waals surface area (Å²) in [6, 6.07) is -0.696. The maximum atomic E-state index is 11.7. The highest BCUT2D eigenvalue weighted by Gasteiger charge is 2.55. The Morgan fingerprint density at radius 1 is 1.21 bits per heavy atom. The molecule has 2 fully saturated rings. The summed E-state index contributed by atoms with van der Waals surface area (Å²) in [4.78, 5) is 21.9. The number of carbonyl (C=O) groups is 1. The van der Waals surface area contributed by atoms with E-state index in [-0.39, 0.29) is 17.0 Å². The summed E-state index contributed by atoms with van der Waals surface area (Å²) < 4.78 is 5.41. The molecule has 0 heterocycles. The fraction of sp³-hybridized carbons (Fsp3) is 0.929. The fourth-order valence-electron chi connectivity index (χ4n) is 2.97. The lowest BCUT2D eigenvalue weighted by Gasteiger charge is -2.36. The maximum Gasteiger partial charge on any atom is 0.316 e. The molecular weight excluding hydrogens is 246 g/mol. The molecule has 0 aromatic heterocycles. The third-order valence-corrected chi connectivity index (χ3v) is 4.51. The topological polar surface area (TPSA) is 69.4 Å². The average Bonchev–Trinajstić information content (AvgIpc) is 3.08. The van der Waals surface area contributed by atoms with E-state index < -0.39 is 12.0 Å². The molecule has 5 nitrogen and oxygen atoms in total. The Bertz CT molecular complexity index is 366. The Labute approximate surface area is 113 Å². The van der Waals surface area contributed by atoms with Gasteiger partial charge in [0.1, 0.15) is 12.0 Å². The van der Waals surface area contributed by atoms with Gasteiger partial charge in [0.2, 0.25) is 6.04 Å². The summed E-state index contributed by atoms with van der Waals surface area (Å²) in [7, 11) is 0. The summed E-state index contributed by atoms with van der Waals surface area (Å²) in [5.41, 5.74) is 0.308. The quantitative estimate of drug-likeness (QED) is 0.449. The standard InChI is InChI=1S/C14H23NO4/c1-14(2,3)9-4-6-10(7-5-9)19-13(16)11-8-12(11)15(17)18/h9-12H,4-8H2,1-3H3. The summed E-state index contributed by atoms with van der Waals surface area (Å²) in [5.74, 6) is -0.175. The number of carbonyl (C=O) groups excluding carboxylic acids is 1. The molecule has 2 rings (SSSR count). The van der Waals surface area contributed by atoms with Gasteiger partial charge >= 0.3 is 5.97 Å². The smallest absolute Gasteiger partial charge is 0.316 e. The number of rotatable bonds is 3. The normalized spacial score (nSPS) is 34.7. The van der Waals surface area contributed by atoms with E-state index in [0.29, 0.717) is 17.8 Å². The molecule has 2 aliphatic carbocycles.